The third-order valence-electron chi connectivity index (χ3n) is 6.63. The minimum atomic E-state index is -0.941. The Kier molecular flexibility index (Phi) is 6.10. The summed E-state index contributed by atoms with van der Waals surface area (Å²) >= 11 is 0. The van der Waals surface area contributed by atoms with Gasteiger partial charge in [0.15, 0.2) is 0 Å². The molecule has 1 aliphatic carbocycles. The highest BCUT2D eigenvalue weighted by molar-refractivity contribution is 5.93. The molecule has 10 heteroatoms. The summed E-state index contributed by atoms with van der Waals surface area (Å²) in [6.07, 6.45) is 7.65. The van der Waals surface area contributed by atoms with Crippen molar-refractivity contribution in [2.24, 2.45) is 0 Å². The van der Waals surface area contributed by atoms with Gasteiger partial charge in [-0.05, 0) is 31.0 Å². The number of carboxylic acids is 1. The number of piperazine rings is 1. The maximum absolute atomic E-state index is 11.8. The van der Waals surface area contributed by atoms with E-state index in [9.17, 15) is 9.90 Å². The van der Waals surface area contributed by atoms with E-state index < -0.39 is 5.97 Å². The van der Waals surface area contributed by atoms with Crippen LogP contribution in [-0.2, 0) is 0 Å². The van der Waals surface area contributed by atoms with Gasteiger partial charge in [0.1, 0.15) is 17.2 Å². The maximum atomic E-state index is 11.8. The first-order valence-electron chi connectivity index (χ1n) is 11.5. The van der Waals surface area contributed by atoms with Gasteiger partial charge in [0.2, 0.25) is 5.95 Å². The Bertz CT molecular complexity index is 1120. The zero-order valence-electron chi connectivity index (χ0n) is 18.5. The van der Waals surface area contributed by atoms with Gasteiger partial charge < -0.3 is 25.0 Å². The van der Waals surface area contributed by atoms with Crippen LogP contribution < -0.4 is 10.2 Å². The van der Waals surface area contributed by atoms with Crippen LogP contribution in [0.15, 0.2) is 30.6 Å². The van der Waals surface area contributed by atoms with Crippen molar-refractivity contribution in [3.05, 3.63) is 36.3 Å². The lowest BCUT2D eigenvalue weighted by Crippen LogP contribution is -2.47. The number of aromatic carboxylic acids is 1. The number of β-amino-alcohol motifs (C(OH)–C–C–N with tert-alkyl or cyclic N) is 1. The van der Waals surface area contributed by atoms with E-state index in [1.165, 1.54) is 0 Å². The van der Waals surface area contributed by atoms with Crippen molar-refractivity contribution in [2.75, 3.05) is 49.5 Å². The van der Waals surface area contributed by atoms with E-state index in [1.54, 1.807) is 12.3 Å². The molecule has 0 bridgehead atoms. The monoisotopic (exact) mass is 451 g/mol. The Morgan fingerprint density at radius 3 is 2.55 bits per heavy atom. The fraction of sp³-hybridized carbons (Fsp3) is 0.478. The molecule has 0 radical (unpaired) electrons. The average Bonchev–Trinajstić information content (AvgIpc) is 3.48. The molecule has 174 valence electrons. The van der Waals surface area contributed by atoms with E-state index in [2.05, 4.69) is 30.1 Å². The topological polar surface area (TPSA) is 120 Å². The predicted octanol–water partition coefficient (Wildman–Crippen LogP) is 2.50. The van der Waals surface area contributed by atoms with Crippen molar-refractivity contribution in [3.8, 4) is 0 Å². The number of hydrogen-bond donors (Lipinski definition) is 3. The second-order valence-corrected chi connectivity index (χ2v) is 8.69. The van der Waals surface area contributed by atoms with E-state index in [0.717, 1.165) is 69.5 Å². The first kappa shape index (κ1) is 21.6. The first-order chi connectivity index (χ1) is 16.1. The van der Waals surface area contributed by atoms with Crippen molar-refractivity contribution in [2.45, 2.75) is 31.7 Å². The van der Waals surface area contributed by atoms with Gasteiger partial charge in [-0.3, -0.25) is 4.90 Å². The molecule has 33 heavy (non-hydrogen) atoms. The number of pyridine rings is 1. The molecule has 0 atom stereocenters. The second-order valence-electron chi connectivity index (χ2n) is 8.69. The third-order valence-corrected chi connectivity index (χ3v) is 6.63. The molecule has 2 aliphatic rings. The largest absolute Gasteiger partial charge is 0.477 e. The lowest BCUT2D eigenvalue weighted by Gasteiger charge is -2.35. The number of nitrogens with zero attached hydrogens (tertiary/aromatic N) is 6. The van der Waals surface area contributed by atoms with Crippen LogP contribution in [0.25, 0.3) is 11.0 Å². The van der Waals surface area contributed by atoms with Crippen LogP contribution in [0.2, 0.25) is 0 Å². The molecule has 1 aliphatic heterocycles. The maximum Gasteiger partial charge on any atom is 0.352 e. The van der Waals surface area contributed by atoms with Crippen LogP contribution in [0.5, 0.6) is 0 Å². The van der Waals surface area contributed by atoms with Crippen LogP contribution in [0.4, 0.5) is 17.5 Å². The summed E-state index contributed by atoms with van der Waals surface area (Å²) in [7, 11) is 0. The Hall–Kier alpha value is -3.24. The zero-order chi connectivity index (χ0) is 22.8. The van der Waals surface area contributed by atoms with Gasteiger partial charge in [-0.2, -0.15) is 4.98 Å². The Labute approximate surface area is 191 Å². The Morgan fingerprint density at radius 1 is 1.09 bits per heavy atom. The number of hydrogen-bond acceptors (Lipinski definition) is 8. The summed E-state index contributed by atoms with van der Waals surface area (Å²) in [6, 6.07) is 5.75. The fourth-order valence-electron chi connectivity index (χ4n) is 4.90. The van der Waals surface area contributed by atoms with Crippen LogP contribution in [0.3, 0.4) is 0 Å². The van der Waals surface area contributed by atoms with Crippen molar-refractivity contribution in [1.82, 2.24) is 24.4 Å². The van der Waals surface area contributed by atoms with Crippen molar-refractivity contribution < 1.29 is 15.0 Å². The molecular formula is C23H29N7O3. The number of fused-ring (bicyclic) bond motifs is 1. The standard InChI is InChI=1S/C23H29N7O3/c31-12-11-28-7-9-29(10-8-28)18-5-6-20(24-15-18)26-23-25-14-16-13-19(22(32)33)30(21(16)27-23)17-3-1-2-4-17/h5-6,13-15,17,31H,1-4,7-12H2,(H,32,33)(H,24,25,26,27). The number of rotatable bonds is 7. The molecule has 1 saturated heterocycles. The summed E-state index contributed by atoms with van der Waals surface area (Å²) in [5.41, 5.74) is 1.97. The van der Waals surface area contributed by atoms with E-state index >= 15 is 0 Å². The summed E-state index contributed by atoms with van der Waals surface area (Å²) < 4.78 is 1.87. The Balaban J connectivity index is 1.33. The highest BCUT2D eigenvalue weighted by atomic mass is 16.4. The second kappa shape index (κ2) is 9.32. The molecule has 3 N–H and O–H groups in total. The lowest BCUT2D eigenvalue weighted by molar-refractivity contribution is 0.0683. The molecule has 3 aromatic rings. The summed E-state index contributed by atoms with van der Waals surface area (Å²) in [6.45, 7) is 4.56. The van der Waals surface area contributed by atoms with Gasteiger partial charge in [0, 0.05) is 50.3 Å². The smallest absolute Gasteiger partial charge is 0.352 e. The number of carbonyl (C=O) groups is 1. The number of aromatic nitrogens is 4. The molecule has 5 rings (SSSR count). The van der Waals surface area contributed by atoms with Crippen LogP contribution in [0, 0.1) is 0 Å². The molecule has 0 unspecified atom stereocenters. The lowest BCUT2D eigenvalue weighted by atomic mass is 10.2. The molecule has 4 heterocycles. The van der Waals surface area contributed by atoms with E-state index in [-0.39, 0.29) is 18.3 Å². The summed E-state index contributed by atoms with van der Waals surface area (Å²) in [4.78, 5) is 29.9. The van der Waals surface area contributed by atoms with Gasteiger partial charge in [0.05, 0.1) is 18.5 Å². The minimum absolute atomic E-state index is 0.159. The van der Waals surface area contributed by atoms with Gasteiger partial charge in [-0.25, -0.2) is 14.8 Å². The number of nitrogens with one attached hydrogen (secondary N) is 1. The number of anilines is 3. The molecule has 0 aromatic carbocycles. The van der Waals surface area contributed by atoms with Gasteiger partial charge in [-0.15, -0.1) is 0 Å². The van der Waals surface area contributed by atoms with Crippen molar-refractivity contribution >= 4 is 34.5 Å². The highest BCUT2D eigenvalue weighted by Gasteiger charge is 2.25. The van der Waals surface area contributed by atoms with Gasteiger partial charge in [-0.1, -0.05) is 12.8 Å². The van der Waals surface area contributed by atoms with Crippen LogP contribution in [-0.4, -0.2) is 79.9 Å². The van der Waals surface area contributed by atoms with Crippen molar-refractivity contribution in [3.63, 3.8) is 0 Å². The quantitative estimate of drug-likeness (QED) is 0.498. The molecular weight excluding hydrogens is 422 g/mol. The average molecular weight is 452 g/mol. The van der Waals surface area contributed by atoms with E-state index in [4.69, 9.17) is 5.11 Å². The molecule has 0 amide bonds. The third kappa shape index (κ3) is 4.49. The van der Waals surface area contributed by atoms with Crippen LogP contribution >= 0.6 is 0 Å². The molecule has 2 fully saturated rings. The number of aliphatic hydroxyl groups is 1. The van der Waals surface area contributed by atoms with Crippen molar-refractivity contribution in [1.29, 1.82) is 0 Å². The molecule has 10 nitrogen and oxygen atoms in total. The summed E-state index contributed by atoms with van der Waals surface area (Å²) in [5.74, 6) is 0.0907. The van der Waals surface area contributed by atoms with E-state index in [0.29, 0.717) is 17.4 Å². The van der Waals surface area contributed by atoms with Gasteiger partial charge >= 0.3 is 5.97 Å². The molecule has 3 aromatic heterocycles. The summed E-state index contributed by atoms with van der Waals surface area (Å²) in [5, 5.41) is 22.7. The zero-order valence-corrected chi connectivity index (χ0v) is 18.5. The molecule has 1 saturated carbocycles. The Morgan fingerprint density at radius 2 is 1.88 bits per heavy atom. The van der Waals surface area contributed by atoms with Gasteiger partial charge in [0.25, 0.3) is 0 Å². The van der Waals surface area contributed by atoms with E-state index in [1.807, 2.05) is 22.9 Å². The normalized spacial score (nSPS) is 17.7. The fourth-order valence-corrected chi connectivity index (χ4v) is 4.90. The molecule has 0 spiro atoms. The highest BCUT2D eigenvalue weighted by Crippen LogP contribution is 2.34. The minimum Gasteiger partial charge on any atom is -0.477 e. The predicted molar refractivity (Wildman–Crippen MR) is 125 cm³/mol. The number of aliphatic hydroxyl groups excluding tert-OH is 1. The first-order valence-corrected chi connectivity index (χ1v) is 11.5. The van der Waals surface area contributed by atoms with Crippen LogP contribution in [0.1, 0.15) is 42.2 Å². The number of carboxylic acid groups (broad SMARTS) is 1. The SMILES string of the molecule is O=C(O)c1cc2cnc(Nc3ccc(N4CCN(CCO)CC4)cn3)nc2n1C1CCCC1.